The van der Waals surface area contributed by atoms with Crippen LogP contribution in [0.2, 0.25) is 0 Å². The minimum Gasteiger partial charge on any atom is -0.383 e. The van der Waals surface area contributed by atoms with Crippen LogP contribution in [-0.2, 0) is 15.1 Å². The summed E-state index contributed by atoms with van der Waals surface area (Å²) in [5, 5.41) is 14.8. The van der Waals surface area contributed by atoms with Crippen LogP contribution in [0.1, 0.15) is 24.6 Å². The summed E-state index contributed by atoms with van der Waals surface area (Å²) in [6.07, 6.45) is 2.43. The highest BCUT2D eigenvalue weighted by molar-refractivity contribution is 7.10. The molecule has 0 radical (unpaired) electrons. The molecule has 1 atom stereocenters. The lowest BCUT2D eigenvalue weighted by Crippen LogP contribution is -2.39. The molecule has 4 nitrogen and oxygen atoms in total. The zero-order valence-electron chi connectivity index (χ0n) is 10.5. The molecule has 1 aliphatic carbocycles. The molecule has 0 bridgehead atoms. The number of amides is 1. The first-order chi connectivity index (χ1) is 8.58. The van der Waals surface area contributed by atoms with Crippen LogP contribution in [0.4, 0.5) is 0 Å². The lowest BCUT2D eigenvalue weighted by molar-refractivity contribution is -0.127. The van der Waals surface area contributed by atoms with E-state index in [4.69, 9.17) is 4.74 Å². The SMILES string of the molecule is CC(O)(CNC(=O)COCC1CC1)c1cccs1. The van der Waals surface area contributed by atoms with Crippen molar-refractivity contribution in [3.05, 3.63) is 22.4 Å². The number of aliphatic hydroxyl groups is 1. The molecule has 1 aromatic rings. The fourth-order valence-corrected chi connectivity index (χ4v) is 2.38. The lowest BCUT2D eigenvalue weighted by Gasteiger charge is -2.22. The van der Waals surface area contributed by atoms with Crippen LogP contribution >= 0.6 is 11.3 Å². The van der Waals surface area contributed by atoms with E-state index in [9.17, 15) is 9.90 Å². The highest BCUT2D eigenvalue weighted by Crippen LogP contribution is 2.28. The number of hydrogen-bond acceptors (Lipinski definition) is 4. The molecule has 0 aromatic carbocycles. The first-order valence-corrected chi connectivity index (χ1v) is 7.07. The van der Waals surface area contributed by atoms with Gasteiger partial charge in [-0.25, -0.2) is 0 Å². The Morgan fingerprint density at radius 1 is 1.67 bits per heavy atom. The van der Waals surface area contributed by atoms with Crippen molar-refractivity contribution in [1.29, 1.82) is 0 Å². The van der Waals surface area contributed by atoms with Gasteiger partial charge in [0.2, 0.25) is 5.91 Å². The van der Waals surface area contributed by atoms with Gasteiger partial charge >= 0.3 is 0 Å². The summed E-state index contributed by atoms with van der Waals surface area (Å²) in [4.78, 5) is 12.4. The number of thiophene rings is 1. The van der Waals surface area contributed by atoms with Crippen LogP contribution in [0, 0.1) is 5.92 Å². The van der Waals surface area contributed by atoms with Crippen LogP contribution < -0.4 is 5.32 Å². The Labute approximate surface area is 111 Å². The van der Waals surface area contributed by atoms with Gasteiger partial charge in [0.1, 0.15) is 12.2 Å². The van der Waals surface area contributed by atoms with Gasteiger partial charge in [-0.05, 0) is 37.1 Å². The van der Waals surface area contributed by atoms with Crippen molar-refractivity contribution in [3.8, 4) is 0 Å². The Morgan fingerprint density at radius 2 is 2.44 bits per heavy atom. The number of ether oxygens (including phenoxy) is 1. The molecule has 1 amide bonds. The second kappa shape index (κ2) is 5.82. The predicted octanol–water partition coefficient (Wildman–Crippen LogP) is 1.50. The Kier molecular flexibility index (Phi) is 4.37. The van der Waals surface area contributed by atoms with Gasteiger partial charge in [0.15, 0.2) is 0 Å². The topological polar surface area (TPSA) is 58.6 Å². The number of rotatable bonds is 7. The largest absolute Gasteiger partial charge is 0.383 e. The van der Waals surface area contributed by atoms with Gasteiger partial charge in [0.25, 0.3) is 0 Å². The van der Waals surface area contributed by atoms with E-state index in [0.717, 1.165) is 4.88 Å². The third kappa shape index (κ3) is 4.08. The number of carbonyl (C=O) groups excluding carboxylic acids is 1. The fraction of sp³-hybridized carbons (Fsp3) is 0.615. The molecule has 18 heavy (non-hydrogen) atoms. The van der Waals surface area contributed by atoms with Gasteiger partial charge in [-0.1, -0.05) is 6.07 Å². The zero-order valence-corrected chi connectivity index (χ0v) is 11.3. The Hall–Kier alpha value is -0.910. The zero-order chi connectivity index (χ0) is 13.0. The maximum atomic E-state index is 11.5. The van der Waals surface area contributed by atoms with Crippen LogP contribution in [0.15, 0.2) is 17.5 Å². The van der Waals surface area contributed by atoms with Crippen molar-refractivity contribution >= 4 is 17.2 Å². The van der Waals surface area contributed by atoms with Gasteiger partial charge in [0, 0.05) is 4.88 Å². The van der Waals surface area contributed by atoms with Gasteiger partial charge < -0.3 is 15.2 Å². The second-order valence-corrected chi connectivity index (χ2v) is 5.93. The Morgan fingerprint density at radius 3 is 3.06 bits per heavy atom. The summed E-state index contributed by atoms with van der Waals surface area (Å²) >= 11 is 1.48. The number of nitrogens with one attached hydrogen (secondary N) is 1. The highest BCUT2D eigenvalue weighted by Gasteiger charge is 2.25. The molecule has 0 aliphatic heterocycles. The molecular weight excluding hydrogens is 250 g/mol. The van der Waals surface area contributed by atoms with Gasteiger partial charge in [-0.15, -0.1) is 11.3 Å². The molecule has 0 saturated heterocycles. The predicted molar refractivity (Wildman–Crippen MR) is 70.4 cm³/mol. The molecule has 1 unspecified atom stereocenters. The first-order valence-electron chi connectivity index (χ1n) is 6.19. The van der Waals surface area contributed by atoms with Gasteiger partial charge in [-0.2, -0.15) is 0 Å². The monoisotopic (exact) mass is 269 g/mol. The van der Waals surface area contributed by atoms with Crippen molar-refractivity contribution in [3.63, 3.8) is 0 Å². The van der Waals surface area contributed by atoms with E-state index >= 15 is 0 Å². The van der Waals surface area contributed by atoms with Crippen molar-refractivity contribution in [2.24, 2.45) is 5.92 Å². The lowest BCUT2D eigenvalue weighted by atomic mass is 10.1. The Balaban J connectivity index is 1.67. The van der Waals surface area contributed by atoms with Crippen LogP contribution in [0.25, 0.3) is 0 Å². The maximum absolute atomic E-state index is 11.5. The van der Waals surface area contributed by atoms with Crippen molar-refractivity contribution in [2.75, 3.05) is 19.8 Å². The van der Waals surface area contributed by atoms with E-state index in [0.29, 0.717) is 12.5 Å². The summed E-state index contributed by atoms with van der Waals surface area (Å²) in [5.74, 6) is 0.486. The summed E-state index contributed by atoms with van der Waals surface area (Å²) in [6.45, 7) is 2.66. The van der Waals surface area contributed by atoms with Crippen LogP contribution in [-0.4, -0.2) is 30.8 Å². The average Bonchev–Trinajstić information content (AvgIpc) is 2.96. The smallest absolute Gasteiger partial charge is 0.246 e. The number of hydrogen-bond donors (Lipinski definition) is 2. The van der Waals surface area contributed by atoms with Crippen molar-refractivity contribution in [1.82, 2.24) is 5.32 Å². The number of carbonyl (C=O) groups is 1. The van der Waals surface area contributed by atoms with Crippen LogP contribution in [0.5, 0.6) is 0 Å². The average molecular weight is 269 g/mol. The molecule has 1 fully saturated rings. The maximum Gasteiger partial charge on any atom is 0.246 e. The van der Waals surface area contributed by atoms with E-state index in [1.54, 1.807) is 6.92 Å². The molecule has 100 valence electrons. The van der Waals surface area contributed by atoms with E-state index in [2.05, 4.69) is 5.32 Å². The summed E-state index contributed by atoms with van der Waals surface area (Å²) < 4.78 is 5.28. The van der Waals surface area contributed by atoms with Crippen LogP contribution in [0.3, 0.4) is 0 Å². The molecular formula is C13H19NO3S. The second-order valence-electron chi connectivity index (χ2n) is 4.99. The molecule has 1 aliphatic rings. The molecule has 0 spiro atoms. The first kappa shape index (κ1) is 13.5. The standard InChI is InChI=1S/C13H19NO3S/c1-13(16,11-3-2-6-18-11)9-14-12(15)8-17-7-10-4-5-10/h2-3,6,10,16H,4-5,7-9H2,1H3,(H,14,15). The molecule has 1 heterocycles. The van der Waals surface area contributed by atoms with Gasteiger partial charge in [0.05, 0.1) is 13.2 Å². The minimum absolute atomic E-state index is 0.0804. The summed E-state index contributed by atoms with van der Waals surface area (Å²) in [5.41, 5.74) is -1.01. The third-order valence-electron chi connectivity index (χ3n) is 2.97. The normalized spacial score (nSPS) is 18.3. The van der Waals surface area contributed by atoms with Gasteiger partial charge in [-0.3, -0.25) is 4.79 Å². The fourth-order valence-electron chi connectivity index (χ4n) is 1.60. The minimum atomic E-state index is -1.01. The molecule has 5 heteroatoms. The summed E-state index contributed by atoms with van der Waals surface area (Å²) in [6, 6.07) is 3.75. The van der Waals surface area contributed by atoms with E-state index in [-0.39, 0.29) is 19.1 Å². The van der Waals surface area contributed by atoms with E-state index in [1.165, 1.54) is 24.2 Å². The molecule has 2 rings (SSSR count). The quantitative estimate of drug-likeness (QED) is 0.788. The third-order valence-corrected chi connectivity index (χ3v) is 4.09. The molecule has 1 saturated carbocycles. The summed E-state index contributed by atoms with van der Waals surface area (Å²) in [7, 11) is 0. The van der Waals surface area contributed by atoms with E-state index in [1.807, 2.05) is 17.5 Å². The highest BCUT2D eigenvalue weighted by atomic mass is 32.1. The molecule has 1 aromatic heterocycles. The van der Waals surface area contributed by atoms with Crippen molar-refractivity contribution in [2.45, 2.75) is 25.4 Å². The Bertz CT molecular complexity index is 385. The molecule has 2 N–H and O–H groups in total. The van der Waals surface area contributed by atoms with E-state index < -0.39 is 5.60 Å². The van der Waals surface area contributed by atoms with Crippen molar-refractivity contribution < 1.29 is 14.6 Å².